The van der Waals surface area contributed by atoms with E-state index in [0.29, 0.717) is 55.9 Å². The molecule has 0 spiro atoms. The molecule has 0 aliphatic carbocycles. The summed E-state index contributed by atoms with van der Waals surface area (Å²) in [5, 5.41) is 5.53. The summed E-state index contributed by atoms with van der Waals surface area (Å²) < 4.78 is 28.8. The average molecular weight is 597 g/mol. The number of piperidine rings is 1. The number of nitrogens with zero attached hydrogens (tertiary/aromatic N) is 5. The van der Waals surface area contributed by atoms with Crippen LogP contribution in [0.1, 0.15) is 50.5 Å². The Labute approximate surface area is 255 Å². The molecular formula is C34H37FN6O3. The summed E-state index contributed by atoms with van der Waals surface area (Å²) in [5.74, 6) is 0.104. The summed E-state index contributed by atoms with van der Waals surface area (Å²) in [6.45, 7) is 4.20. The number of amides is 1. The van der Waals surface area contributed by atoms with Gasteiger partial charge in [-0.3, -0.25) is 9.88 Å². The lowest BCUT2D eigenvalue weighted by molar-refractivity contribution is 0.108. The summed E-state index contributed by atoms with van der Waals surface area (Å²) in [5.41, 5.74) is 2.24. The van der Waals surface area contributed by atoms with Gasteiger partial charge in [-0.05, 0) is 80.8 Å². The molecule has 1 amide bonds. The number of anilines is 1. The number of carbonyl (C=O) groups excluding carboxylic acids is 1. The second-order valence-corrected chi connectivity index (χ2v) is 12.7. The number of fused-ring (bicyclic) bond motifs is 7. The number of carbonyl (C=O) groups is 1. The highest BCUT2D eigenvalue weighted by atomic mass is 19.1. The smallest absolute Gasteiger partial charge is 0.407 e. The van der Waals surface area contributed by atoms with Crippen molar-refractivity contribution in [3.63, 3.8) is 0 Å². The van der Waals surface area contributed by atoms with E-state index in [1.165, 1.54) is 0 Å². The molecule has 44 heavy (non-hydrogen) atoms. The highest BCUT2D eigenvalue weighted by Gasteiger charge is 2.45. The van der Waals surface area contributed by atoms with Gasteiger partial charge < -0.3 is 19.7 Å². The molecular weight excluding hydrogens is 559 g/mol. The van der Waals surface area contributed by atoms with Gasteiger partial charge in [0, 0.05) is 30.9 Å². The van der Waals surface area contributed by atoms with Gasteiger partial charge in [0.1, 0.15) is 23.6 Å². The molecule has 1 unspecified atom stereocenters. The first kappa shape index (κ1) is 27.5. The number of nitrogens with one attached hydrogen (secondary N) is 1. The molecule has 4 aromatic rings. The Morgan fingerprint density at radius 1 is 1.05 bits per heavy atom. The number of aryl methyl sites for hydroxylation is 1. The topological polar surface area (TPSA) is 92.7 Å². The van der Waals surface area contributed by atoms with Crippen molar-refractivity contribution >= 4 is 33.6 Å². The molecule has 0 saturated carbocycles. The molecule has 7 heterocycles. The molecule has 2 aromatic carbocycles. The van der Waals surface area contributed by atoms with E-state index in [0.717, 1.165) is 68.0 Å². The SMILES string of the molecule is O=C1NC2CCCN(C2)c2nc(OCC34CCCN3CCC4)nc3c(F)c(ncc23)-c2cccc3cccc(c23)CCCO1. The molecule has 9 nitrogen and oxygen atoms in total. The minimum Gasteiger partial charge on any atom is -0.461 e. The normalized spacial score (nSPS) is 21.8. The predicted molar refractivity (Wildman–Crippen MR) is 167 cm³/mol. The van der Waals surface area contributed by atoms with Crippen LogP contribution in [-0.2, 0) is 11.2 Å². The van der Waals surface area contributed by atoms with Gasteiger partial charge in [0.15, 0.2) is 5.82 Å². The van der Waals surface area contributed by atoms with Gasteiger partial charge in [0.2, 0.25) is 0 Å². The summed E-state index contributed by atoms with van der Waals surface area (Å²) >= 11 is 0. The van der Waals surface area contributed by atoms with Crippen LogP contribution in [0.3, 0.4) is 0 Å². The van der Waals surface area contributed by atoms with Crippen molar-refractivity contribution in [2.45, 2.75) is 62.9 Å². The number of ether oxygens (including phenoxy) is 2. The lowest BCUT2D eigenvalue weighted by atomic mass is 9.94. The molecule has 3 saturated heterocycles. The molecule has 9 rings (SSSR count). The maximum Gasteiger partial charge on any atom is 0.407 e. The molecule has 0 radical (unpaired) electrons. The Bertz CT molecular complexity index is 1730. The van der Waals surface area contributed by atoms with Crippen LogP contribution in [0.2, 0.25) is 0 Å². The zero-order valence-electron chi connectivity index (χ0n) is 24.9. The van der Waals surface area contributed by atoms with Gasteiger partial charge in [-0.15, -0.1) is 0 Å². The first-order valence-electron chi connectivity index (χ1n) is 16.0. The maximum atomic E-state index is 16.8. The van der Waals surface area contributed by atoms with E-state index < -0.39 is 11.9 Å². The number of pyridine rings is 1. The van der Waals surface area contributed by atoms with E-state index in [1.807, 2.05) is 30.3 Å². The Hall–Kier alpha value is -4.05. The van der Waals surface area contributed by atoms with E-state index in [2.05, 4.69) is 21.2 Å². The van der Waals surface area contributed by atoms with Crippen molar-refractivity contribution in [3.05, 3.63) is 54.0 Å². The summed E-state index contributed by atoms with van der Waals surface area (Å²) in [4.78, 5) is 31.7. The molecule has 2 aromatic heterocycles. The molecule has 10 heteroatoms. The van der Waals surface area contributed by atoms with Crippen molar-refractivity contribution in [1.29, 1.82) is 0 Å². The second-order valence-electron chi connectivity index (χ2n) is 12.7. The molecule has 5 aliphatic rings. The van der Waals surface area contributed by atoms with Crippen LogP contribution in [0.5, 0.6) is 6.01 Å². The van der Waals surface area contributed by atoms with Crippen molar-refractivity contribution in [3.8, 4) is 17.3 Å². The highest BCUT2D eigenvalue weighted by molar-refractivity contribution is 6.00. The minimum absolute atomic E-state index is 0.00650. The van der Waals surface area contributed by atoms with Gasteiger partial charge in [-0.25, -0.2) is 9.18 Å². The Balaban J connectivity index is 1.28. The van der Waals surface area contributed by atoms with E-state index in [1.54, 1.807) is 6.20 Å². The summed E-state index contributed by atoms with van der Waals surface area (Å²) in [7, 11) is 0. The van der Waals surface area contributed by atoms with Crippen molar-refractivity contribution in [2.24, 2.45) is 0 Å². The van der Waals surface area contributed by atoms with Gasteiger partial charge in [0.25, 0.3) is 0 Å². The quantitative estimate of drug-likeness (QED) is 0.325. The van der Waals surface area contributed by atoms with E-state index >= 15 is 4.39 Å². The summed E-state index contributed by atoms with van der Waals surface area (Å²) in [6, 6.07) is 12.0. The first-order valence-corrected chi connectivity index (χ1v) is 16.0. The molecule has 6 bridgehead atoms. The minimum atomic E-state index is -0.477. The van der Waals surface area contributed by atoms with Gasteiger partial charge >= 0.3 is 12.1 Å². The number of benzene rings is 2. The number of aromatic nitrogens is 3. The van der Waals surface area contributed by atoms with Gasteiger partial charge in [-0.1, -0.05) is 36.4 Å². The van der Waals surface area contributed by atoms with Crippen LogP contribution in [0.15, 0.2) is 42.6 Å². The lowest BCUT2D eigenvalue weighted by Crippen LogP contribution is -2.48. The summed E-state index contributed by atoms with van der Waals surface area (Å²) in [6.07, 6.45) is 8.79. The van der Waals surface area contributed by atoms with Gasteiger partial charge in [-0.2, -0.15) is 9.97 Å². The van der Waals surface area contributed by atoms with Crippen LogP contribution < -0.4 is 15.0 Å². The standard InChI is InChI=1S/C34H37FN6O3/c35-28-29-25-12-2-9-22-7-1-8-23(27(22)25)10-4-18-43-33(42)37-24-11-3-15-40(20-24)31-26(19-36-29)30(28)38-32(39-31)44-21-34-13-5-16-41(34)17-6-14-34/h1-2,7-9,12,19,24H,3-6,10-11,13-18,20-21H2,(H,37,42). The van der Waals surface area contributed by atoms with Crippen LogP contribution in [0.25, 0.3) is 32.9 Å². The Morgan fingerprint density at radius 3 is 2.75 bits per heavy atom. The third-order valence-corrected chi connectivity index (χ3v) is 10.0. The van der Waals surface area contributed by atoms with Crippen LogP contribution in [0, 0.1) is 5.82 Å². The molecule has 5 aliphatic heterocycles. The van der Waals surface area contributed by atoms with Crippen LogP contribution >= 0.6 is 0 Å². The molecule has 1 N–H and O–H groups in total. The Morgan fingerprint density at radius 2 is 1.89 bits per heavy atom. The first-order chi connectivity index (χ1) is 21.6. The number of hydrogen-bond donors (Lipinski definition) is 1. The maximum absolute atomic E-state index is 16.8. The average Bonchev–Trinajstić information content (AvgIpc) is 3.62. The number of rotatable bonds is 3. The number of halogens is 1. The third-order valence-electron chi connectivity index (χ3n) is 10.0. The fraction of sp³-hybridized carbons (Fsp3) is 0.471. The zero-order chi connectivity index (χ0) is 29.7. The fourth-order valence-corrected chi connectivity index (χ4v) is 7.92. The highest BCUT2D eigenvalue weighted by Crippen LogP contribution is 2.40. The van der Waals surface area contributed by atoms with Gasteiger partial charge in [0.05, 0.1) is 17.5 Å². The molecule has 1 atom stereocenters. The fourth-order valence-electron chi connectivity index (χ4n) is 7.92. The number of hydrogen-bond acceptors (Lipinski definition) is 8. The van der Waals surface area contributed by atoms with Crippen molar-refractivity contribution in [1.82, 2.24) is 25.2 Å². The van der Waals surface area contributed by atoms with Crippen LogP contribution in [0.4, 0.5) is 15.0 Å². The van der Waals surface area contributed by atoms with Crippen molar-refractivity contribution < 1.29 is 18.7 Å². The number of alkyl carbamates (subject to hydrolysis) is 1. The van der Waals surface area contributed by atoms with E-state index in [-0.39, 0.29) is 28.8 Å². The Kier molecular flexibility index (Phi) is 6.96. The molecule has 228 valence electrons. The van der Waals surface area contributed by atoms with Crippen molar-refractivity contribution in [2.75, 3.05) is 44.3 Å². The second kappa shape index (κ2) is 11.1. The monoisotopic (exact) mass is 596 g/mol. The molecule has 3 fully saturated rings. The lowest BCUT2D eigenvalue weighted by Gasteiger charge is -2.34. The third kappa shape index (κ3) is 4.80. The van der Waals surface area contributed by atoms with E-state index in [4.69, 9.17) is 24.4 Å². The van der Waals surface area contributed by atoms with Crippen LogP contribution in [-0.4, -0.2) is 76.9 Å². The zero-order valence-corrected chi connectivity index (χ0v) is 24.9. The predicted octanol–water partition coefficient (Wildman–Crippen LogP) is 5.63. The largest absolute Gasteiger partial charge is 0.461 e. The van der Waals surface area contributed by atoms with E-state index in [9.17, 15) is 4.79 Å².